The van der Waals surface area contributed by atoms with E-state index in [0.29, 0.717) is 0 Å². The van der Waals surface area contributed by atoms with Crippen molar-refractivity contribution in [2.24, 2.45) is 7.05 Å². The molecule has 2 heterocycles. The predicted octanol–water partition coefficient (Wildman–Crippen LogP) is 2.77. The van der Waals surface area contributed by atoms with E-state index in [1.807, 2.05) is 6.07 Å². The van der Waals surface area contributed by atoms with Crippen molar-refractivity contribution in [2.75, 3.05) is 0 Å². The van der Waals surface area contributed by atoms with E-state index in [-0.39, 0.29) is 5.56 Å². The van der Waals surface area contributed by atoms with Gasteiger partial charge in [0.15, 0.2) is 0 Å². The maximum atomic E-state index is 12.1. The van der Waals surface area contributed by atoms with E-state index in [1.165, 1.54) is 22.7 Å². The number of fused-ring (bicyclic) bond motifs is 3. The zero-order valence-corrected chi connectivity index (χ0v) is 10.8. The average Bonchev–Trinajstić information content (AvgIpc) is 2.54. The molecule has 0 N–H and O–H groups in total. The molecule has 0 aliphatic rings. The van der Waals surface area contributed by atoms with Crippen molar-refractivity contribution in [2.45, 2.75) is 13.8 Å². The summed E-state index contributed by atoms with van der Waals surface area (Å²) in [6.07, 6.45) is 1.77. The number of hydrogen-bond donors (Lipinski definition) is 0. The summed E-state index contributed by atoms with van der Waals surface area (Å²) in [6, 6.07) is 4.07. The Balaban J connectivity index is 2.73. The third-order valence-corrected chi connectivity index (χ3v) is 4.08. The fourth-order valence-electron chi connectivity index (χ4n) is 2.33. The number of hydrogen-bond acceptors (Lipinski definition) is 3. The molecule has 0 saturated carbocycles. The summed E-state index contributed by atoms with van der Waals surface area (Å²) in [5.74, 6) is 0. The maximum absolute atomic E-state index is 12.1. The monoisotopic (exact) mass is 244 g/mol. The molecule has 0 radical (unpaired) electrons. The van der Waals surface area contributed by atoms with Crippen molar-refractivity contribution < 1.29 is 0 Å². The molecule has 0 aliphatic heterocycles. The first-order valence-corrected chi connectivity index (χ1v) is 6.22. The third-order valence-electron chi connectivity index (χ3n) is 3.12. The summed E-state index contributed by atoms with van der Waals surface area (Å²) >= 11 is 1.48. The standard InChI is InChI=1S/C13H12N2OS/c1-7-4-5-14-12-10(7)8(2)6-9-11(12)13(16)15(3)17-9/h4-6H,1-3H3. The average molecular weight is 244 g/mol. The topological polar surface area (TPSA) is 34.9 Å². The highest BCUT2D eigenvalue weighted by molar-refractivity contribution is 7.14. The minimum Gasteiger partial charge on any atom is -0.268 e. The second-order valence-electron chi connectivity index (χ2n) is 4.31. The second kappa shape index (κ2) is 3.40. The zero-order chi connectivity index (χ0) is 12.2. The lowest BCUT2D eigenvalue weighted by atomic mass is 10.0. The van der Waals surface area contributed by atoms with Crippen LogP contribution in [0.25, 0.3) is 21.0 Å². The van der Waals surface area contributed by atoms with Crippen molar-refractivity contribution in [1.82, 2.24) is 8.94 Å². The molecule has 0 spiro atoms. The minimum atomic E-state index is 0.0492. The van der Waals surface area contributed by atoms with Gasteiger partial charge >= 0.3 is 0 Å². The van der Waals surface area contributed by atoms with E-state index < -0.39 is 0 Å². The Bertz CT molecular complexity index is 798. The first-order valence-electron chi connectivity index (χ1n) is 5.44. The summed E-state index contributed by atoms with van der Waals surface area (Å²) in [5, 5.41) is 1.86. The molecular formula is C13H12N2OS. The molecule has 0 amide bonds. The van der Waals surface area contributed by atoms with Gasteiger partial charge in [-0.1, -0.05) is 11.5 Å². The van der Waals surface area contributed by atoms with Crippen molar-refractivity contribution in [1.29, 1.82) is 0 Å². The van der Waals surface area contributed by atoms with Crippen LogP contribution in [0.3, 0.4) is 0 Å². The molecule has 3 nitrogen and oxygen atoms in total. The number of pyridine rings is 1. The molecule has 0 unspecified atom stereocenters. The molecule has 0 bridgehead atoms. The largest absolute Gasteiger partial charge is 0.270 e. The van der Waals surface area contributed by atoms with E-state index in [0.717, 1.165) is 21.0 Å². The van der Waals surface area contributed by atoms with Gasteiger partial charge in [-0.3, -0.25) is 13.7 Å². The fraction of sp³-hybridized carbons (Fsp3) is 0.231. The van der Waals surface area contributed by atoms with Gasteiger partial charge in [-0.05, 0) is 37.1 Å². The smallest absolute Gasteiger partial charge is 0.268 e. The van der Waals surface area contributed by atoms with Gasteiger partial charge in [0, 0.05) is 18.6 Å². The molecular weight excluding hydrogens is 232 g/mol. The Morgan fingerprint density at radius 2 is 2.00 bits per heavy atom. The Morgan fingerprint density at radius 1 is 1.24 bits per heavy atom. The number of aryl methyl sites for hydroxylation is 3. The van der Waals surface area contributed by atoms with Crippen LogP contribution < -0.4 is 5.56 Å². The summed E-state index contributed by atoms with van der Waals surface area (Å²) in [7, 11) is 1.80. The molecule has 1 aromatic carbocycles. The lowest BCUT2D eigenvalue weighted by molar-refractivity contribution is 0.990. The van der Waals surface area contributed by atoms with Crippen LogP contribution in [0.15, 0.2) is 23.1 Å². The number of rotatable bonds is 0. The van der Waals surface area contributed by atoms with Gasteiger partial charge in [-0.2, -0.15) is 0 Å². The molecule has 0 atom stereocenters. The highest BCUT2D eigenvalue weighted by Gasteiger charge is 2.13. The summed E-state index contributed by atoms with van der Waals surface area (Å²) in [4.78, 5) is 16.5. The summed E-state index contributed by atoms with van der Waals surface area (Å²) in [5.41, 5.74) is 3.23. The van der Waals surface area contributed by atoms with Gasteiger partial charge in [0.2, 0.25) is 0 Å². The highest BCUT2D eigenvalue weighted by Crippen LogP contribution is 2.29. The van der Waals surface area contributed by atoms with Gasteiger partial charge in [0.1, 0.15) is 0 Å². The number of aromatic nitrogens is 2. The minimum absolute atomic E-state index is 0.0492. The van der Waals surface area contributed by atoms with E-state index in [9.17, 15) is 4.79 Å². The molecule has 86 valence electrons. The van der Waals surface area contributed by atoms with Crippen LogP contribution in [0.5, 0.6) is 0 Å². The van der Waals surface area contributed by atoms with Crippen molar-refractivity contribution in [3.8, 4) is 0 Å². The van der Waals surface area contributed by atoms with Crippen molar-refractivity contribution in [3.63, 3.8) is 0 Å². The first-order chi connectivity index (χ1) is 8.09. The SMILES string of the molecule is Cc1ccnc2c1c(C)cc1sn(C)c(=O)c12. The Kier molecular flexibility index (Phi) is 2.10. The molecule has 3 aromatic rings. The third kappa shape index (κ3) is 1.34. The molecule has 4 heteroatoms. The number of benzene rings is 1. The summed E-state index contributed by atoms with van der Waals surface area (Å²) < 4.78 is 2.67. The Morgan fingerprint density at radius 3 is 2.76 bits per heavy atom. The second-order valence-corrected chi connectivity index (χ2v) is 5.48. The van der Waals surface area contributed by atoms with E-state index >= 15 is 0 Å². The first kappa shape index (κ1) is 10.5. The Hall–Kier alpha value is -1.68. The van der Waals surface area contributed by atoms with Crippen LogP contribution in [0, 0.1) is 13.8 Å². The quantitative estimate of drug-likeness (QED) is 0.609. The molecule has 3 rings (SSSR count). The van der Waals surface area contributed by atoms with E-state index in [1.54, 1.807) is 17.2 Å². The van der Waals surface area contributed by atoms with Crippen LogP contribution in [-0.2, 0) is 7.05 Å². The van der Waals surface area contributed by atoms with Gasteiger partial charge in [-0.15, -0.1) is 0 Å². The van der Waals surface area contributed by atoms with Gasteiger partial charge in [-0.25, -0.2) is 0 Å². The van der Waals surface area contributed by atoms with E-state index in [4.69, 9.17) is 0 Å². The van der Waals surface area contributed by atoms with Crippen LogP contribution in [0.1, 0.15) is 11.1 Å². The molecule has 0 aliphatic carbocycles. The predicted molar refractivity (Wildman–Crippen MR) is 71.8 cm³/mol. The van der Waals surface area contributed by atoms with Gasteiger partial charge in [0.05, 0.1) is 15.6 Å². The maximum Gasteiger partial charge on any atom is 0.270 e. The van der Waals surface area contributed by atoms with Gasteiger partial charge in [0.25, 0.3) is 5.56 Å². The normalized spacial score (nSPS) is 11.5. The molecule has 17 heavy (non-hydrogen) atoms. The van der Waals surface area contributed by atoms with Gasteiger partial charge < -0.3 is 0 Å². The lowest BCUT2D eigenvalue weighted by Crippen LogP contribution is -2.08. The highest BCUT2D eigenvalue weighted by atomic mass is 32.1. The van der Waals surface area contributed by atoms with Crippen LogP contribution >= 0.6 is 11.5 Å². The number of nitrogens with zero attached hydrogens (tertiary/aromatic N) is 2. The summed E-state index contributed by atoms with van der Waals surface area (Å²) in [6.45, 7) is 4.13. The Labute approximate surface area is 102 Å². The molecule has 2 aromatic heterocycles. The van der Waals surface area contributed by atoms with Crippen molar-refractivity contribution >= 4 is 32.5 Å². The molecule has 0 fully saturated rings. The lowest BCUT2D eigenvalue weighted by Gasteiger charge is -2.05. The van der Waals surface area contributed by atoms with E-state index in [2.05, 4.69) is 24.9 Å². The fourth-order valence-corrected chi connectivity index (χ4v) is 3.30. The van der Waals surface area contributed by atoms with Crippen LogP contribution in [-0.4, -0.2) is 8.94 Å². The molecule has 0 saturated heterocycles. The van der Waals surface area contributed by atoms with Crippen molar-refractivity contribution in [3.05, 3.63) is 39.8 Å². The van der Waals surface area contributed by atoms with Crippen LogP contribution in [0.2, 0.25) is 0 Å². The zero-order valence-electron chi connectivity index (χ0n) is 9.94. The van der Waals surface area contributed by atoms with Crippen LogP contribution in [0.4, 0.5) is 0 Å².